The molecule has 34 heavy (non-hydrogen) atoms. The van der Waals surface area contributed by atoms with Crippen molar-refractivity contribution in [3.63, 3.8) is 0 Å². The number of carbonyl (C=O) groups is 2. The highest BCUT2D eigenvalue weighted by molar-refractivity contribution is 7.98. The Morgan fingerprint density at radius 2 is 1.88 bits per heavy atom. The Balaban J connectivity index is 1.38. The van der Waals surface area contributed by atoms with E-state index in [1.54, 1.807) is 22.1 Å². The number of esters is 1. The van der Waals surface area contributed by atoms with Gasteiger partial charge in [0.25, 0.3) is 0 Å². The number of nitrogens with zero attached hydrogens (tertiary/aromatic N) is 3. The van der Waals surface area contributed by atoms with Crippen molar-refractivity contribution in [2.75, 3.05) is 11.6 Å². The van der Waals surface area contributed by atoms with Crippen LogP contribution in [0.25, 0.3) is 5.69 Å². The van der Waals surface area contributed by atoms with E-state index in [9.17, 15) is 14.0 Å². The molecular weight excluding hydrogens is 475 g/mol. The average Bonchev–Trinajstić information content (AvgIpc) is 3.46. The SMILES string of the molecule is CSc1ncc(C(=O)OCc2csc(CC(=O)Nc3ccc(C)cc3)n2)n1-c1ccc(F)cc1. The molecule has 0 saturated heterocycles. The van der Waals surface area contributed by atoms with E-state index in [-0.39, 0.29) is 30.4 Å². The number of rotatable bonds is 8. The smallest absolute Gasteiger partial charge is 0.357 e. The summed E-state index contributed by atoms with van der Waals surface area (Å²) in [6.45, 7) is 1.94. The molecule has 7 nitrogen and oxygen atoms in total. The number of benzene rings is 2. The van der Waals surface area contributed by atoms with Crippen LogP contribution in [0.2, 0.25) is 0 Å². The fraction of sp³-hybridized carbons (Fsp3) is 0.167. The number of nitrogens with one attached hydrogen (secondary N) is 1. The number of imidazole rings is 1. The highest BCUT2D eigenvalue weighted by atomic mass is 32.2. The number of thioether (sulfide) groups is 1. The summed E-state index contributed by atoms with van der Waals surface area (Å²) in [6.07, 6.45) is 3.39. The van der Waals surface area contributed by atoms with Gasteiger partial charge < -0.3 is 10.1 Å². The largest absolute Gasteiger partial charge is 0.454 e. The summed E-state index contributed by atoms with van der Waals surface area (Å²) in [5, 5.41) is 5.80. The molecule has 0 radical (unpaired) electrons. The predicted molar refractivity (Wildman–Crippen MR) is 130 cm³/mol. The summed E-state index contributed by atoms with van der Waals surface area (Å²) in [4.78, 5) is 33.7. The third-order valence-electron chi connectivity index (χ3n) is 4.80. The maximum absolute atomic E-state index is 13.3. The molecule has 0 fully saturated rings. The van der Waals surface area contributed by atoms with Crippen molar-refractivity contribution < 1.29 is 18.7 Å². The van der Waals surface area contributed by atoms with Crippen LogP contribution < -0.4 is 5.32 Å². The average molecular weight is 497 g/mol. The van der Waals surface area contributed by atoms with Crippen LogP contribution in [-0.4, -0.2) is 32.7 Å². The molecule has 0 spiro atoms. The number of hydrogen-bond donors (Lipinski definition) is 1. The number of carbonyl (C=O) groups excluding carboxylic acids is 2. The minimum absolute atomic E-state index is 0.0435. The fourth-order valence-corrected chi connectivity index (χ4v) is 4.47. The molecule has 0 saturated carbocycles. The van der Waals surface area contributed by atoms with Crippen molar-refractivity contribution in [3.05, 3.63) is 87.9 Å². The second-order valence-electron chi connectivity index (χ2n) is 7.34. The van der Waals surface area contributed by atoms with E-state index in [0.29, 0.717) is 21.5 Å². The van der Waals surface area contributed by atoms with E-state index in [0.717, 1.165) is 11.3 Å². The Morgan fingerprint density at radius 3 is 2.59 bits per heavy atom. The van der Waals surface area contributed by atoms with Gasteiger partial charge in [-0.15, -0.1) is 11.3 Å². The van der Waals surface area contributed by atoms with Crippen LogP contribution in [0.5, 0.6) is 0 Å². The lowest BCUT2D eigenvalue weighted by Gasteiger charge is -2.10. The summed E-state index contributed by atoms with van der Waals surface area (Å²) >= 11 is 2.69. The highest BCUT2D eigenvalue weighted by Gasteiger charge is 2.20. The van der Waals surface area contributed by atoms with E-state index < -0.39 is 5.97 Å². The number of anilines is 1. The van der Waals surface area contributed by atoms with Gasteiger partial charge in [0.15, 0.2) is 10.9 Å². The van der Waals surface area contributed by atoms with Gasteiger partial charge in [-0.25, -0.2) is 19.2 Å². The van der Waals surface area contributed by atoms with Crippen LogP contribution in [0.1, 0.15) is 26.8 Å². The molecular formula is C24H21FN4O3S2. The first-order valence-corrected chi connectivity index (χ1v) is 12.4. The number of ether oxygens (including phenoxy) is 1. The van der Waals surface area contributed by atoms with Crippen LogP contribution >= 0.6 is 23.1 Å². The zero-order valence-corrected chi connectivity index (χ0v) is 20.1. The minimum Gasteiger partial charge on any atom is -0.454 e. The van der Waals surface area contributed by atoms with Crippen LogP contribution in [0.3, 0.4) is 0 Å². The molecule has 0 aliphatic heterocycles. The normalized spacial score (nSPS) is 10.8. The van der Waals surface area contributed by atoms with Gasteiger partial charge in [0.1, 0.15) is 17.4 Å². The molecule has 2 aromatic heterocycles. The van der Waals surface area contributed by atoms with Crippen molar-refractivity contribution >= 4 is 40.7 Å². The number of aryl methyl sites for hydroxylation is 1. The van der Waals surface area contributed by atoms with Gasteiger partial charge in [0.2, 0.25) is 5.91 Å². The molecule has 0 atom stereocenters. The maximum atomic E-state index is 13.3. The van der Waals surface area contributed by atoms with Crippen LogP contribution in [0, 0.1) is 12.7 Å². The van der Waals surface area contributed by atoms with Gasteiger partial charge in [-0.1, -0.05) is 29.5 Å². The number of halogens is 1. The molecule has 10 heteroatoms. The number of thiazole rings is 1. The predicted octanol–water partition coefficient (Wildman–Crippen LogP) is 5.04. The van der Waals surface area contributed by atoms with Gasteiger partial charge >= 0.3 is 5.97 Å². The second-order valence-corrected chi connectivity index (χ2v) is 9.06. The first kappa shape index (κ1) is 23.7. The summed E-state index contributed by atoms with van der Waals surface area (Å²) in [5.74, 6) is -1.12. The summed E-state index contributed by atoms with van der Waals surface area (Å²) in [7, 11) is 0. The van der Waals surface area contributed by atoms with Crippen LogP contribution in [0.15, 0.2) is 65.3 Å². The fourth-order valence-electron chi connectivity index (χ4n) is 3.15. The molecule has 4 rings (SSSR count). The molecule has 0 unspecified atom stereocenters. The molecule has 0 aliphatic rings. The third-order valence-corrected chi connectivity index (χ3v) is 6.35. The highest BCUT2D eigenvalue weighted by Crippen LogP contribution is 2.23. The van der Waals surface area contributed by atoms with Gasteiger partial charge in [0.05, 0.1) is 18.3 Å². The Bertz CT molecular complexity index is 1300. The van der Waals surface area contributed by atoms with Crippen molar-refractivity contribution in [1.29, 1.82) is 0 Å². The van der Waals surface area contributed by atoms with Gasteiger partial charge in [-0.2, -0.15) is 0 Å². The molecule has 0 bridgehead atoms. The summed E-state index contributed by atoms with van der Waals surface area (Å²) in [5.41, 5.74) is 3.22. The Labute approximate surface area is 204 Å². The monoisotopic (exact) mass is 496 g/mol. The lowest BCUT2D eigenvalue weighted by atomic mass is 10.2. The first-order chi connectivity index (χ1) is 16.4. The number of aromatic nitrogens is 3. The lowest BCUT2D eigenvalue weighted by Crippen LogP contribution is -2.14. The molecule has 1 N–H and O–H groups in total. The molecule has 2 aromatic carbocycles. The summed E-state index contributed by atoms with van der Waals surface area (Å²) < 4.78 is 20.4. The topological polar surface area (TPSA) is 86.1 Å². The molecule has 2 heterocycles. The molecule has 4 aromatic rings. The minimum atomic E-state index is -0.580. The van der Waals surface area contributed by atoms with Crippen molar-refractivity contribution in [1.82, 2.24) is 14.5 Å². The molecule has 1 amide bonds. The van der Waals surface area contributed by atoms with Gasteiger partial charge in [0, 0.05) is 16.8 Å². The Morgan fingerprint density at radius 1 is 1.15 bits per heavy atom. The van der Waals surface area contributed by atoms with Crippen LogP contribution in [0.4, 0.5) is 10.1 Å². The van der Waals surface area contributed by atoms with Gasteiger partial charge in [-0.05, 0) is 49.6 Å². The van der Waals surface area contributed by atoms with Crippen molar-refractivity contribution in [3.8, 4) is 5.69 Å². The zero-order valence-electron chi connectivity index (χ0n) is 18.4. The van der Waals surface area contributed by atoms with E-state index in [1.807, 2.05) is 37.4 Å². The van der Waals surface area contributed by atoms with Gasteiger partial charge in [-0.3, -0.25) is 9.36 Å². The quantitative estimate of drug-likeness (QED) is 0.272. The second kappa shape index (κ2) is 10.6. The van der Waals surface area contributed by atoms with E-state index in [4.69, 9.17) is 4.74 Å². The lowest BCUT2D eigenvalue weighted by molar-refractivity contribution is -0.115. The third kappa shape index (κ3) is 5.70. The maximum Gasteiger partial charge on any atom is 0.357 e. The van der Waals surface area contributed by atoms with Crippen molar-refractivity contribution in [2.24, 2.45) is 0 Å². The standard InChI is InChI=1S/C24H21FN4O3S2/c1-15-3-7-17(8-4-15)27-21(30)11-22-28-18(14-34-22)13-32-23(31)20-12-26-24(33-2)29(20)19-9-5-16(25)6-10-19/h3-10,12,14H,11,13H2,1-2H3,(H,27,30). The van der Waals surface area contributed by atoms with Crippen LogP contribution in [-0.2, 0) is 22.6 Å². The first-order valence-electron chi connectivity index (χ1n) is 10.3. The van der Waals surface area contributed by atoms with E-state index in [1.165, 1.54) is 41.4 Å². The Hall–Kier alpha value is -3.50. The number of hydrogen-bond acceptors (Lipinski definition) is 7. The van der Waals surface area contributed by atoms with Crippen molar-refractivity contribution in [2.45, 2.75) is 25.1 Å². The number of amides is 1. The van der Waals surface area contributed by atoms with E-state index >= 15 is 0 Å². The molecule has 174 valence electrons. The van der Waals surface area contributed by atoms with E-state index in [2.05, 4.69) is 15.3 Å². The molecule has 0 aliphatic carbocycles. The summed E-state index contributed by atoms with van der Waals surface area (Å²) in [6, 6.07) is 13.3. The zero-order chi connectivity index (χ0) is 24.1. The Kier molecular flexibility index (Phi) is 7.39.